The standard InChI is InChI=1S/C13H15NO6/c1-2-20-13(17)6-5-12(16)9-3-4-11(14(18)19)10(7-9)8-15/h3-4,7-8,12,16H,2,5-6H2,1H3. The molecule has 20 heavy (non-hydrogen) atoms. The normalized spacial score (nSPS) is 11.7. The van der Waals surface area contributed by atoms with Gasteiger partial charge in [0, 0.05) is 12.5 Å². The Bertz CT molecular complexity index is 514. The number of carbonyl (C=O) groups is 2. The Morgan fingerprint density at radius 2 is 2.25 bits per heavy atom. The van der Waals surface area contributed by atoms with E-state index in [0.717, 1.165) is 6.07 Å². The van der Waals surface area contributed by atoms with Crippen molar-refractivity contribution in [1.82, 2.24) is 0 Å². The minimum Gasteiger partial charge on any atom is -0.466 e. The maximum absolute atomic E-state index is 11.2. The second-order valence-corrected chi connectivity index (χ2v) is 4.05. The van der Waals surface area contributed by atoms with E-state index < -0.39 is 17.0 Å². The van der Waals surface area contributed by atoms with Crippen molar-refractivity contribution in [2.75, 3.05) is 6.61 Å². The zero-order valence-electron chi connectivity index (χ0n) is 10.9. The summed E-state index contributed by atoms with van der Waals surface area (Å²) >= 11 is 0. The number of ether oxygens (including phenoxy) is 1. The molecule has 1 aromatic carbocycles. The fourth-order valence-electron chi connectivity index (χ4n) is 1.70. The van der Waals surface area contributed by atoms with Crippen LogP contribution in [0.3, 0.4) is 0 Å². The van der Waals surface area contributed by atoms with Crippen LogP contribution in [0.25, 0.3) is 0 Å². The van der Waals surface area contributed by atoms with Crippen LogP contribution in [0.5, 0.6) is 0 Å². The number of rotatable bonds is 7. The summed E-state index contributed by atoms with van der Waals surface area (Å²) in [5.41, 5.74) is -0.0778. The van der Waals surface area contributed by atoms with Gasteiger partial charge in [0.1, 0.15) is 0 Å². The van der Waals surface area contributed by atoms with Gasteiger partial charge in [0.2, 0.25) is 0 Å². The quantitative estimate of drug-likeness (QED) is 0.353. The molecule has 0 saturated carbocycles. The van der Waals surface area contributed by atoms with Crippen LogP contribution in [-0.2, 0) is 9.53 Å². The summed E-state index contributed by atoms with van der Waals surface area (Å²) in [5.74, 6) is -0.427. The van der Waals surface area contributed by atoms with Crippen molar-refractivity contribution in [3.05, 3.63) is 39.4 Å². The minimum absolute atomic E-state index is 0.0302. The number of hydrogen-bond acceptors (Lipinski definition) is 6. The molecule has 7 nitrogen and oxygen atoms in total. The number of nitro groups is 1. The zero-order valence-corrected chi connectivity index (χ0v) is 10.9. The van der Waals surface area contributed by atoms with E-state index >= 15 is 0 Å². The van der Waals surface area contributed by atoms with Crippen molar-refractivity contribution in [3.63, 3.8) is 0 Å². The lowest BCUT2D eigenvalue weighted by Crippen LogP contribution is -2.07. The first-order valence-corrected chi connectivity index (χ1v) is 6.06. The largest absolute Gasteiger partial charge is 0.466 e. The summed E-state index contributed by atoms with van der Waals surface area (Å²) in [7, 11) is 0. The summed E-state index contributed by atoms with van der Waals surface area (Å²) in [4.78, 5) is 32.0. The maximum atomic E-state index is 11.2. The first-order chi connectivity index (χ1) is 9.49. The molecule has 0 fully saturated rings. The number of carbonyl (C=O) groups excluding carboxylic acids is 2. The number of benzene rings is 1. The van der Waals surface area contributed by atoms with Crippen molar-refractivity contribution in [1.29, 1.82) is 0 Å². The van der Waals surface area contributed by atoms with E-state index in [2.05, 4.69) is 0 Å². The fraction of sp³-hybridized carbons (Fsp3) is 0.385. The van der Waals surface area contributed by atoms with Crippen molar-refractivity contribution >= 4 is 17.9 Å². The molecule has 0 heterocycles. The highest BCUT2D eigenvalue weighted by Crippen LogP contribution is 2.24. The van der Waals surface area contributed by atoms with E-state index in [1.54, 1.807) is 6.92 Å². The smallest absolute Gasteiger partial charge is 0.305 e. The lowest BCUT2D eigenvalue weighted by Gasteiger charge is -2.11. The van der Waals surface area contributed by atoms with Crippen LogP contribution < -0.4 is 0 Å². The Hall–Kier alpha value is -2.28. The highest BCUT2D eigenvalue weighted by atomic mass is 16.6. The fourth-order valence-corrected chi connectivity index (χ4v) is 1.70. The number of aliphatic hydroxyl groups is 1. The van der Waals surface area contributed by atoms with Gasteiger partial charge in [-0.25, -0.2) is 0 Å². The number of aliphatic hydroxyl groups excluding tert-OH is 1. The van der Waals surface area contributed by atoms with E-state index in [4.69, 9.17) is 4.74 Å². The van der Waals surface area contributed by atoms with Gasteiger partial charge in [-0.3, -0.25) is 19.7 Å². The van der Waals surface area contributed by atoms with E-state index in [1.165, 1.54) is 12.1 Å². The third kappa shape index (κ3) is 4.13. The molecule has 108 valence electrons. The van der Waals surface area contributed by atoms with Crippen LogP contribution in [0, 0.1) is 10.1 Å². The molecule has 0 aliphatic rings. The van der Waals surface area contributed by atoms with Crippen LogP contribution in [0.2, 0.25) is 0 Å². The predicted molar refractivity (Wildman–Crippen MR) is 69.3 cm³/mol. The summed E-state index contributed by atoms with van der Waals surface area (Å²) in [6.45, 7) is 1.95. The Labute approximate surface area is 115 Å². The second-order valence-electron chi connectivity index (χ2n) is 4.05. The lowest BCUT2D eigenvalue weighted by atomic mass is 10.0. The van der Waals surface area contributed by atoms with Gasteiger partial charge in [0.25, 0.3) is 5.69 Å². The number of aldehydes is 1. The topological polar surface area (TPSA) is 107 Å². The van der Waals surface area contributed by atoms with Crippen LogP contribution in [0.4, 0.5) is 5.69 Å². The molecule has 0 radical (unpaired) electrons. The third-order valence-electron chi connectivity index (χ3n) is 2.69. The Kier molecular flexibility index (Phi) is 5.79. The van der Waals surface area contributed by atoms with Gasteiger partial charge in [-0.15, -0.1) is 0 Å². The average Bonchev–Trinajstić information content (AvgIpc) is 2.44. The van der Waals surface area contributed by atoms with Crippen molar-refractivity contribution in [2.45, 2.75) is 25.9 Å². The summed E-state index contributed by atoms with van der Waals surface area (Å²) in [6.07, 6.45) is -0.476. The second kappa shape index (κ2) is 7.34. The molecular weight excluding hydrogens is 266 g/mol. The van der Waals surface area contributed by atoms with Gasteiger partial charge in [-0.2, -0.15) is 0 Å². The van der Waals surface area contributed by atoms with Crippen molar-refractivity contribution in [2.24, 2.45) is 0 Å². The Morgan fingerprint density at radius 3 is 2.80 bits per heavy atom. The van der Waals surface area contributed by atoms with Crippen molar-refractivity contribution in [3.8, 4) is 0 Å². The molecule has 1 unspecified atom stereocenters. The van der Waals surface area contributed by atoms with Crippen LogP contribution in [-0.4, -0.2) is 28.9 Å². The summed E-state index contributed by atoms with van der Waals surface area (Å²) in [6, 6.07) is 3.77. The van der Waals surface area contributed by atoms with E-state index in [0.29, 0.717) is 11.8 Å². The van der Waals surface area contributed by atoms with Crippen LogP contribution >= 0.6 is 0 Å². The monoisotopic (exact) mass is 281 g/mol. The van der Waals surface area contributed by atoms with Gasteiger partial charge in [0.05, 0.1) is 23.2 Å². The number of nitro benzene ring substituents is 1. The molecular formula is C13H15NO6. The Balaban J connectivity index is 2.78. The average molecular weight is 281 g/mol. The lowest BCUT2D eigenvalue weighted by molar-refractivity contribution is -0.385. The van der Waals surface area contributed by atoms with Gasteiger partial charge >= 0.3 is 5.97 Å². The molecule has 0 amide bonds. The first-order valence-electron chi connectivity index (χ1n) is 6.06. The van der Waals surface area contributed by atoms with Crippen LogP contribution in [0.15, 0.2) is 18.2 Å². The van der Waals surface area contributed by atoms with Crippen LogP contribution in [0.1, 0.15) is 41.8 Å². The zero-order chi connectivity index (χ0) is 15.1. The molecule has 0 saturated heterocycles. The maximum Gasteiger partial charge on any atom is 0.305 e. The summed E-state index contributed by atoms with van der Waals surface area (Å²) in [5, 5.41) is 20.6. The Morgan fingerprint density at radius 1 is 1.55 bits per heavy atom. The minimum atomic E-state index is -0.987. The molecule has 0 aliphatic carbocycles. The summed E-state index contributed by atoms with van der Waals surface area (Å²) < 4.78 is 4.73. The van der Waals surface area contributed by atoms with E-state index in [-0.39, 0.29) is 30.7 Å². The number of nitrogens with zero attached hydrogens (tertiary/aromatic N) is 1. The molecule has 0 spiro atoms. The van der Waals surface area contributed by atoms with E-state index in [1.807, 2.05) is 0 Å². The molecule has 1 N–H and O–H groups in total. The highest BCUT2D eigenvalue weighted by molar-refractivity contribution is 5.81. The van der Waals surface area contributed by atoms with Crippen molar-refractivity contribution < 1.29 is 24.4 Å². The van der Waals surface area contributed by atoms with Gasteiger partial charge in [-0.05, 0) is 31.0 Å². The van der Waals surface area contributed by atoms with E-state index in [9.17, 15) is 24.8 Å². The van der Waals surface area contributed by atoms with Gasteiger partial charge < -0.3 is 9.84 Å². The molecule has 7 heteroatoms. The number of hydrogen-bond donors (Lipinski definition) is 1. The van der Waals surface area contributed by atoms with Gasteiger partial charge in [-0.1, -0.05) is 0 Å². The molecule has 0 aliphatic heterocycles. The molecule has 1 aromatic rings. The highest BCUT2D eigenvalue weighted by Gasteiger charge is 2.17. The molecule has 0 bridgehead atoms. The molecule has 1 atom stereocenters. The third-order valence-corrected chi connectivity index (χ3v) is 2.69. The molecule has 0 aromatic heterocycles. The number of esters is 1. The predicted octanol–water partition coefficient (Wildman–Crippen LogP) is 1.78. The van der Waals surface area contributed by atoms with Gasteiger partial charge in [0.15, 0.2) is 6.29 Å². The SMILES string of the molecule is CCOC(=O)CCC(O)c1ccc([N+](=O)[O-])c(C=O)c1. The first kappa shape index (κ1) is 15.8. The molecule has 1 rings (SSSR count).